The van der Waals surface area contributed by atoms with Crippen LogP contribution in [0.4, 0.5) is 0 Å². The Morgan fingerprint density at radius 3 is 2.34 bits per heavy atom. The molecule has 1 aromatic heterocycles. The topological polar surface area (TPSA) is 73.6 Å². The van der Waals surface area contributed by atoms with Crippen molar-refractivity contribution < 1.29 is 19.4 Å². The van der Waals surface area contributed by atoms with Crippen molar-refractivity contribution in [1.82, 2.24) is 9.78 Å². The summed E-state index contributed by atoms with van der Waals surface area (Å²) in [4.78, 5) is 11.3. The van der Waals surface area contributed by atoms with Gasteiger partial charge in [-0.25, -0.2) is 4.68 Å². The van der Waals surface area contributed by atoms with Crippen molar-refractivity contribution in [2.24, 2.45) is 0 Å². The molecule has 0 bridgehead atoms. The van der Waals surface area contributed by atoms with Crippen LogP contribution >= 0.6 is 0 Å². The van der Waals surface area contributed by atoms with Crippen molar-refractivity contribution in [3.63, 3.8) is 0 Å². The predicted molar refractivity (Wildman–Crippen MR) is 123 cm³/mol. The Balaban J connectivity index is 1.74. The quantitative estimate of drug-likeness (QED) is 0.575. The lowest BCUT2D eigenvalue weighted by Crippen LogP contribution is -2.38. The zero-order valence-corrected chi connectivity index (χ0v) is 18.9. The average molecular weight is 435 g/mol. The molecule has 0 saturated heterocycles. The molecular weight excluding hydrogens is 404 g/mol. The third-order valence-corrected chi connectivity index (χ3v) is 6.44. The lowest BCUT2D eigenvalue weighted by atomic mass is 9.71. The first kappa shape index (κ1) is 22.1. The van der Waals surface area contributed by atoms with Gasteiger partial charge in [0, 0.05) is 17.9 Å². The highest BCUT2D eigenvalue weighted by Crippen LogP contribution is 2.41. The van der Waals surface area contributed by atoms with Gasteiger partial charge in [-0.1, -0.05) is 29.8 Å². The minimum Gasteiger partial charge on any atom is -0.497 e. The molecule has 4 rings (SSSR count). The van der Waals surface area contributed by atoms with Gasteiger partial charge in [0.1, 0.15) is 11.9 Å². The number of carbonyl (C=O) groups is 1. The average Bonchev–Trinajstić information content (AvgIpc) is 3.26. The first-order valence-electron chi connectivity index (χ1n) is 11.0. The van der Waals surface area contributed by atoms with E-state index in [4.69, 9.17) is 14.6 Å². The molecule has 0 amide bonds. The molecule has 0 spiro atoms. The molecule has 32 heavy (non-hydrogen) atoms. The molecule has 0 radical (unpaired) electrons. The van der Waals surface area contributed by atoms with Crippen molar-refractivity contribution in [1.29, 1.82) is 0 Å². The van der Waals surface area contributed by atoms with Gasteiger partial charge in [-0.15, -0.1) is 0 Å². The van der Waals surface area contributed by atoms with Crippen molar-refractivity contribution in [2.75, 3.05) is 13.7 Å². The van der Waals surface area contributed by atoms with Crippen LogP contribution < -0.4 is 4.74 Å². The molecule has 1 fully saturated rings. The van der Waals surface area contributed by atoms with Gasteiger partial charge in [0.05, 0.1) is 30.8 Å². The number of methoxy groups -OCH3 is 1. The number of aryl methyl sites for hydroxylation is 1. The highest BCUT2D eigenvalue weighted by molar-refractivity contribution is 5.66. The summed E-state index contributed by atoms with van der Waals surface area (Å²) in [7, 11) is 1.65. The molecule has 2 aromatic carbocycles. The molecular formula is C26H30N2O4. The van der Waals surface area contributed by atoms with Crippen LogP contribution in [-0.2, 0) is 14.9 Å². The van der Waals surface area contributed by atoms with E-state index in [9.17, 15) is 9.90 Å². The molecule has 6 nitrogen and oxygen atoms in total. The van der Waals surface area contributed by atoms with Gasteiger partial charge in [0.25, 0.3) is 0 Å². The number of esters is 1. The number of aromatic nitrogens is 2. The molecule has 0 atom stereocenters. The number of rotatable bonds is 6. The lowest BCUT2D eigenvalue weighted by Gasteiger charge is -2.37. The van der Waals surface area contributed by atoms with Gasteiger partial charge in [-0.2, -0.15) is 5.10 Å². The van der Waals surface area contributed by atoms with Gasteiger partial charge in [-0.3, -0.25) is 4.79 Å². The van der Waals surface area contributed by atoms with Crippen LogP contribution in [0.2, 0.25) is 0 Å². The summed E-state index contributed by atoms with van der Waals surface area (Å²) in [6.07, 6.45) is 2.78. The molecule has 1 aliphatic rings. The van der Waals surface area contributed by atoms with E-state index in [0.717, 1.165) is 41.2 Å². The first-order valence-corrected chi connectivity index (χ1v) is 11.0. The molecule has 6 heteroatoms. The molecule has 1 saturated carbocycles. The normalized spacial score (nSPS) is 20.7. The Kier molecular flexibility index (Phi) is 6.33. The number of nitrogens with zero attached hydrogens (tertiary/aromatic N) is 2. The Bertz CT molecular complexity index is 1060. The molecule has 1 heterocycles. The minimum absolute atomic E-state index is 0.00670. The van der Waals surface area contributed by atoms with Crippen LogP contribution in [0.5, 0.6) is 5.75 Å². The summed E-state index contributed by atoms with van der Waals surface area (Å²) >= 11 is 0. The highest BCUT2D eigenvalue weighted by atomic mass is 16.5. The zero-order chi connectivity index (χ0) is 22.7. The molecule has 1 aliphatic carbocycles. The van der Waals surface area contributed by atoms with Crippen LogP contribution in [-0.4, -0.2) is 40.7 Å². The van der Waals surface area contributed by atoms with Gasteiger partial charge in [0.2, 0.25) is 0 Å². The summed E-state index contributed by atoms with van der Waals surface area (Å²) in [5.74, 6) is 0.533. The Morgan fingerprint density at radius 2 is 1.78 bits per heavy atom. The minimum atomic E-state index is -0.451. The third kappa shape index (κ3) is 4.41. The van der Waals surface area contributed by atoms with E-state index in [1.807, 2.05) is 28.9 Å². The molecule has 0 unspecified atom stereocenters. The lowest BCUT2D eigenvalue weighted by molar-refractivity contribution is -0.148. The van der Waals surface area contributed by atoms with Crippen molar-refractivity contribution in [2.45, 2.75) is 51.0 Å². The maximum atomic E-state index is 11.3. The summed E-state index contributed by atoms with van der Waals surface area (Å²) in [6, 6.07) is 18.3. The summed E-state index contributed by atoms with van der Waals surface area (Å²) in [6.45, 7) is 3.52. The van der Waals surface area contributed by atoms with Gasteiger partial charge in [-0.05, 0) is 62.9 Å². The first-order chi connectivity index (χ1) is 15.4. The van der Waals surface area contributed by atoms with Crippen LogP contribution in [0, 0.1) is 6.92 Å². The monoisotopic (exact) mass is 434 g/mol. The van der Waals surface area contributed by atoms with Crippen molar-refractivity contribution in [3.8, 4) is 22.7 Å². The van der Waals surface area contributed by atoms with E-state index in [2.05, 4.69) is 37.3 Å². The molecule has 168 valence electrons. The van der Waals surface area contributed by atoms with Crippen LogP contribution in [0.25, 0.3) is 16.9 Å². The number of ether oxygens (including phenoxy) is 2. The van der Waals surface area contributed by atoms with Gasteiger partial charge < -0.3 is 14.6 Å². The van der Waals surface area contributed by atoms with E-state index in [-0.39, 0.29) is 18.7 Å². The van der Waals surface area contributed by atoms with E-state index in [0.29, 0.717) is 12.8 Å². The van der Waals surface area contributed by atoms with Crippen LogP contribution in [0.3, 0.4) is 0 Å². The highest BCUT2D eigenvalue weighted by Gasteiger charge is 2.40. The van der Waals surface area contributed by atoms with E-state index in [1.54, 1.807) is 7.11 Å². The summed E-state index contributed by atoms with van der Waals surface area (Å²) in [5, 5.41) is 15.4. The van der Waals surface area contributed by atoms with E-state index in [1.165, 1.54) is 12.5 Å². The molecule has 3 aromatic rings. The van der Waals surface area contributed by atoms with Crippen molar-refractivity contribution >= 4 is 5.97 Å². The van der Waals surface area contributed by atoms with Crippen LogP contribution in [0.15, 0.2) is 54.6 Å². The Morgan fingerprint density at radius 1 is 1.12 bits per heavy atom. The largest absolute Gasteiger partial charge is 0.497 e. The maximum Gasteiger partial charge on any atom is 0.302 e. The van der Waals surface area contributed by atoms with Gasteiger partial charge in [0.15, 0.2) is 0 Å². The molecule has 0 aliphatic heterocycles. The number of hydrogen-bond donors (Lipinski definition) is 1. The number of aliphatic hydroxyl groups excluding tert-OH is 1. The smallest absolute Gasteiger partial charge is 0.302 e. The Hall–Kier alpha value is -3.12. The van der Waals surface area contributed by atoms with Crippen LogP contribution in [0.1, 0.15) is 43.9 Å². The van der Waals surface area contributed by atoms with Crippen molar-refractivity contribution in [3.05, 3.63) is 65.9 Å². The fourth-order valence-corrected chi connectivity index (χ4v) is 4.48. The third-order valence-electron chi connectivity index (χ3n) is 6.44. The molecule has 1 N–H and O–H groups in total. The number of hydrogen-bond acceptors (Lipinski definition) is 5. The maximum absolute atomic E-state index is 11.3. The zero-order valence-electron chi connectivity index (χ0n) is 18.9. The standard InChI is InChI=1S/C26H30N2O4/c1-18-4-6-20(7-5-18)24-16-25(27-28(24)21-8-10-22(31-3)11-9-21)26(17-29)14-12-23(13-15-26)32-19(2)30/h4-11,16,23,29H,12-15,17H2,1-3H3. The number of aliphatic hydroxyl groups is 1. The second-order valence-corrected chi connectivity index (χ2v) is 8.64. The number of carbonyl (C=O) groups excluding carboxylic acids is 1. The summed E-state index contributed by atoms with van der Waals surface area (Å²) in [5.41, 5.74) is 4.57. The van der Waals surface area contributed by atoms with E-state index < -0.39 is 5.41 Å². The Labute approximate surface area is 188 Å². The predicted octanol–water partition coefficient (Wildman–Crippen LogP) is 4.59. The number of benzene rings is 2. The summed E-state index contributed by atoms with van der Waals surface area (Å²) < 4.78 is 12.7. The van der Waals surface area contributed by atoms with Gasteiger partial charge >= 0.3 is 5.97 Å². The fourth-order valence-electron chi connectivity index (χ4n) is 4.48. The second kappa shape index (κ2) is 9.17. The van der Waals surface area contributed by atoms with E-state index >= 15 is 0 Å². The second-order valence-electron chi connectivity index (χ2n) is 8.64. The SMILES string of the molecule is COc1ccc(-n2nc(C3(CO)CCC(OC(C)=O)CC3)cc2-c2ccc(C)cc2)cc1. The fraction of sp³-hybridized carbons (Fsp3) is 0.385.